The molecule has 2 aliphatic heterocycles. The Balaban J connectivity index is 2.29. The molecule has 2 aliphatic rings. The number of hydrogen-bond acceptors (Lipinski definition) is 4. The summed E-state index contributed by atoms with van der Waals surface area (Å²) in [6.07, 6.45) is 1.80. The highest BCUT2D eigenvalue weighted by Gasteiger charge is 2.53. The van der Waals surface area contributed by atoms with E-state index in [1.54, 1.807) is 12.0 Å². The van der Waals surface area contributed by atoms with E-state index in [-0.39, 0.29) is 6.03 Å². The van der Waals surface area contributed by atoms with Crippen molar-refractivity contribution < 1.29 is 9.53 Å². The zero-order valence-electron chi connectivity index (χ0n) is 11.1. The Morgan fingerprint density at radius 3 is 3.11 bits per heavy atom. The van der Waals surface area contributed by atoms with Gasteiger partial charge < -0.3 is 20.7 Å². The molecule has 0 aromatic rings. The van der Waals surface area contributed by atoms with Crippen molar-refractivity contribution in [2.45, 2.75) is 25.3 Å². The van der Waals surface area contributed by atoms with Gasteiger partial charge in [0.2, 0.25) is 0 Å². The summed E-state index contributed by atoms with van der Waals surface area (Å²) in [6, 6.07) is -0.218. The molecule has 102 valence electrons. The Kier molecular flexibility index (Phi) is 3.87. The number of rotatable bonds is 4. The summed E-state index contributed by atoms with van der Waals surface area (Å²) in [6.45, 7) is 4.94. The van der Waals surface area contributed by atoms with Gasteiger partial charge in [-0.05, 0) is 19.4 Å². The highest BCUT2D eigenvalue weighted by Crippen LogP contribution is 2.37. The van der Waals surface area contributed by atoms with Crippen LogP contribution in [0, 0.1) is 5.92 Å². The Bertz CT molecular complexity index is 358. The van der Waals surface area contributed by atoms with Crippen LogP contribution in [0.3, 0.4) is 0 Å². The predicted molar refractivity (Wildman–Crippen MR) is 69.6 cm³/mol. The summed E-state index contributed by atoms with van der Waals surface area (Å²) in [7, 11) is 1.64. The molecule has 0 aromatic carbocycles. The number of nitrogens with two attached hydrogens (primary N) is 1. The number of methoxy groups -OCH3 is 1. The molecule has 0 aromatic heterocycles. The SMILES string of the molecule is CCC1CNCCC12C(N)=NC(=O)N2CCOC. The molecular formula is C12H22N4O2. The lowest BCUT2D eigenvalue weighted by Gasteiger charge is -2.46. The maximum atomic E-state index is 12.0. The number of carbonyl (C=O) groups is 1. The van der Waals surface area contributed by atoms with E-state index in [0.29, 0.717) is 24.9 Å². The highest BCUT2D eigenvalue weighted by atomic mass is 16.5. The number of ether oxygens (including phenoxy) is 1. The average molecular weight is 254 g/mol. The molecule has 2 rings (SSSR count). The van der Waals surface area contributed by atoms with Crippen LogP contribution in [0.2, 0.25) is 0 Å². The fourth-order valence-electron chi connectivity index (χ4n) is 3.15. The molecule has 2 heterocycles. The molecule has 2 atom stereocenters. The average Bonchev–Trinajstić information content (AvgIpc) is 2.60. The Labute approximate surface area is 108 Å². The molecule has 18 heavy (non-hydrogen) atoms. The monoisotopic (exact) mass is 254 g/mol. The normalized spacial score (nSPS) is 32.1. The minimum atomic E-state index is -0.393. The molecule has 6 nitrogen and oxygen atoms in total. The van der Waals surface area contributed by atoms with Crippen molar-refractivity contribution in [2.24, 2.45) is 16.6 Å². The van der Waals surface area contributed by atoms with Gasteiger partial charge >= 0.3 is 6.03 Å². The lowest BCUT2D eigenvalue weighted by Crippen LogP contribution is -2.64. The van der Waals surface area contributed by atoms with Gasteiger partial charge in [0.25, 0.3) is 0 Å². The van der Waals surface area contributed by atoms with E-state index >= 15 is 0 Å². The topological polar surface area (TPSA) is 79.9 Å². The molecule has 1 spiro atoms. The smallest absolute Gasteiger partial charge is 0.346 e. The van der Waals surface area contributed by atoms with Gasteiger partial charge in [0.1, 0.15) is 11.4 Å². The van der Waals surface area contributed by atoms with E-state index < -0.39 is 5.54 Å². The Morgan fingerprint density at radius 2 is 2.44 bits per heavy atom. The first-order valence-electron chi connectivity index (χ1n) is 6.52. The van der Waals surface area contributed by atoms with Gasteiger partial charge in [-0.2, -0.15) is 4.99 Å². The van der Waals surface area contributed by atoms with E-state index in [4.69, 9.17) is 10.5 Å². The summed E-state index contributed by atoms with van der Waals surface area (Å²) in [5.74, 6) is 0.801. The lowest BCUT2D eigenvalue weighted by atomic mass is 9.75. The number of nitrogens with one attached hydrogen (secondary N) is 1. The molecule has 0 radical (unpaired) electrons. The van der Waals surface area contributed by atoms with Gasteiger partial charge in [-0.15, -0.1) is 0 Å². The van der Waals surface area contributed by atoms with Crippen molar-refractivity contribution in [1.29, 1.82) is 0 Å². The second-order valence-corrected chi connectivity index (χ2v) is 4.91. The van der Waals surface area contributed by atoms with Gasteiger partial charge in [0.15, 0.2) is 0 Å². The summed E-state index contributed by atoms with van der Waals surface area (Å²) < 4.78 is 5.09. The van der Waals surface area contributed by atoms with Gasteiger partial charge in [0.05, 0.1) is 6.61 Å². The molecule has 0 bridgehead atoms. The standard InChI is InChI=1S/C12H22N4O2/c1-3-9-8-14-5-4-12(9)10(13)15-11(17)16(12)6-7-18-2/h9,14H,3-8H2,1-2H3,(H2,13,15,17). The molecule has 6 heteroatoms. The van der Waals surface area contributed by atoms with Crippen LogP contribution in [-0.2, 0) is 4.74 Å². The summed E-state index contributed by atoms with van der Waals surface area (Å²) >= 11 is 0. The molecule has 1 fully saturated rings. The van der Waals surface area contributed by atoms with Gasteiger partial charge in [-0.3, -0.25) is 0 Å². The number of amidine groups is 1. The number of piperidine rings is 1. The van der Waals surface area contributed by atoms with Crippen molar-refractivity contribution in [3.05, 3.63) is 0 Å². The highest BCUT2D eigenvalue weighted by molar-refractivity contribution is 6.06. The van der Waals surface area contributed by atoms with Gasteiger partial charge in [0, 0.05) is 26.1 Å². The van der Waals surface area contributed by atoms with Crippen molar-refractivity contribution in [3.8, 4) is 0 Å². The molecule has 1 saturated heterocycles. The van der Waals surface area contributed by atoms with E-state index in [1.165, 1.54) is 0 Å². The maximum absolute atomic E-state index is 12.0. The second-order valence-electron chi connectivity index (χ2n) is 4.91. The molecule has 2 amide bonds. The van der Waals surface area contributed by atoms with Crippen molar-refractivity contribution in [1.82, 2.24) is 10.2 Å². The third-order valence-corrected chi connectivity index (χ3v) is 4.13. The first kappa shape index (κ1) is 13.3. The number of aliphatic imine (C=N–C) groups is 1. The molecule has 2 unspecified atom stereocenters. The van der Waals surface area contributed by atoms with Crippen LogP contribution in [0.15, 0.2) is 4.99 Å². The minimum absolute atomic E-state index is 0.218. The van der Waals surface area contributed by atoms with Gasteiger partial charge in [-0.25, -0.2) is 4.79 Å². The van der Waals surface area contributed by atoms with E-state index in [9.17, 15) is 4.79 Å². The third kappa shape index (κ3) is 1.89. The zero-order chi connectivity index (χ0) is 13.2. The molecule has 3 N–H and O–H groups in total. The largest absolute Gasteiger partial charge is 0.385 e. The number of hydrogen-bond donors (Lipinski definition) is 2. The number of carbonyl (C=O) groups excluding carboxylic acids is 1. The molecular weight excluding hydrogens is 232 g/mol. The number of urea groups is 1. The second kappa shape index (κ2) is 5.24. The summed E-state index contributed by atoms with van der Waals surface area (Å²) in [5, 5.41) is 3.37. The summed E-state index contributed by atoms with van der Waals surface area (Å²) in [4.78, 5) is 17.8. The van der Waals surface area contributed by atoms with Crippen LogP contribution in [0.4, 0.5) is 4.79 Å². The quantitative estimate of drug-likeness (QED) is 0.750. The summed E-state index contributed by atoms with van der Waals surface area (Å²) in [5.41, 5.74) is 5.69. The van der Waals surface area contributed by atoms with Gasteiger partial charge in [-0.1, -0.05) is 6.92 Å². The zero-order valence-corrected chi connectivity index (χ0v) is 11.1. The fourth-order valence-corrected chi connectivity index (χ4v) is 3.15. The van der Waals surface area contributed by atoms with E-state index in [2.05, 4.69) is 17.2 Å². The van der Waals surface area contributed by atoms with Crippen molar-refractivity contribution in [2.75, 3.05) is 33.4 Å². The van der Waals surface area contributed by atoms with Crippen LogP contribution in [0.1, 0.15) is 19.8 Å². The van der Waals surface area contributed by atoms with Crippen LogP contribution in [0.25, 0.3) is 0 Å². The van der Waals surface area contributed by atoms with Crippen LogP contribution < -0.4 is 11.1 Å². The molecule has 0 aliphatic carbocycles. The first-order valence-corrected chi connectivity index (χ1v) is 6.52. The van der Waals surface area contributed by atoms with E-state index in [0.717, 1.165) is 25.9 Å². The van der Waals surface area contributed by atoms with Crippen molar-refractivity contribution in [3.63, 3.8) is 0 Å². The van der Waals surface area contributed by atoms with Crippen LogP contribution in [0.5, 0.6) is 0 Å². The number of amides is 2. The van der Waals surface area contributed by atoms with E-state index in [1.807, 2.05) is 0 Å². The maximum Gasteiger partial charge on any atom is 0.346 e. The fraction of sp³-hybridized carbons (Fsp3) is 0.833. The van der Waals surface area contributed by atoms with Crippen LogP contribution >= 0.6 is 0 Å². The lowest BCUT2D eigenvalue weighted by molar-refractivity contribution is 0.0747. The van der Waals surface area contributed by atoms with Crippen LogP contribution in [-0.4, -0.2) is 55.7 Å². The van der Waals surface area contributed by atoms with Crippen molar-refractivity contribution >= 4 is 11.9 Å². The third-order valence-electron chi connectivity index (χ3n) is 4.13. The Morgan fingerprint density at radius 1 is 1.67 bits per heavy atom. The minimum Gasteiger partial charge on any atom is -0.385 e. The first-order chi connectivity index (χ1) is 8.66. The molecule has 0 saturated carbocycles. The Hall–Kier alpha value is -1.14. The predicted octanol–water partition coefficient (Wildman–Crippen LogP) is 0.184. The number of nitrogens with zero attached hydrogens (tertiary/aromatic N) is 2.